The Bertz CT molecular complexity index is 435. The number of rotatable bonds is 8. The number of nitrogens with zero attached hydrogens (tertiary/aromatic N) is 1. The molecule has 5 nitrogen and oxygen atoms in total. The fourth-order valence-corrected chi connectivity index (χ4v) is 1.89. The fourth-order valence-electron chi connectivity index (χ4n) is 1.89. The number of carbonyl (C=O) groups is 1. The van der Waals surface area contributed by atoms with E-state index in [0.717, 1.165) is 31.7 Å². The van der Waals surface area contributed by atoms with E-state index in [0.29, 0.717) is 17.8 Å². The molecule has 1 amide bonds. The predicted molar refractivity (Wildman–Crippen MR) is 81.9 cm³/mol. The number of amides is 1. The average Bonchev–Trinajstić information content (AvgIpc) is 2.43. The van der Waals surface area contributed by atoms with Crippen LogP contribution in [0.25, 0.3) is 0 Å². The monoisotopic (exact) mass is 279 g/mol. The van der Waals surface area contributed by atoms with Crippen molar-refractivity contribution in [1.82, 2.24) is 10.2 Å². The summed E-state index contributed by atoms with van der Waals surface area (Å²) in [6.07, 6.45) is 0.910. The van der Waals surface area contributed by atoms with Gasteiger partial charge in [0.05, 0.1) is 6.61 Å². The van der Waals surface area contributed by atoms with Crippen molar-refractivity contribution in [3.8, 4) is 0 Å². The third-order valence-corrected chi connectivity index (χ3v) is 3.19. The van der Waals surface area contributed by atoms with E-state index >= 15 is 0 Å². The summed E-state index contributed by atoms with van der Waals surface area (Å²) in [4.78, 5) is 14.2. The van der Waals surface area contributed by atoms with Gasteiger partial charge in [0.2, 0.25) is 0 Å². The number of likely N-dealkylation sites (N-methyl/N-ethyl adjacent to an activating group) is 1. The lowest BCUT2D eigenvalue weighted by Crippen LogP contribution is -2.30. The number of aryl methyl sites for hydroxylation is 1. The van der Waals surface area contributed by atoms with Crippen molar-refractivity contribution >= 4 is 11.6 Å². The Hall–Kier alpha value is -1.59. The van der Waals surface area contributed by atoms with Crippen LogP contribution in [0.15, 0.2) is 18.2 Å². The van der Waals surface area contributed by atoms with Gasteiger partial charge in [-0.2, -0.15) is 0 Å². The molecule has 20 heavy (non-hydrogen) atoms. The van der Waals surface area contributed by atoms with E-state index in [4.69, 9.17) is 10.5 Å². The van der Waals surface area contributed by atoms with E-state index in [2.05, 4.69) is 10.2 Å². The SMILES string of the molecule is COCCN(C)CCCNC(=O)c1cc(N)ccc1C. The molecule has 0 spiro atoms. The highest BCUT2D eigenvalue weighted by Gasteiger charge is 2.08. The molecule has 0 saturated heterocycles. The van der Waals surface area contributed by atoms with Gasteiger partial charge in [0, 0.05) is 31.5 Å². The van der Waals surface area contributed by atoms with Gasteiger partial charge in [-0.25, -0.2) is 0 Å². The maximum atomic E-state index is 12.0. The summed E-state index contributed by atoms with van der Waals surface area (Å²) in [5.74, 6) is -0.0608. The van der Waals surface area contributed by atoms with E-state index in [9.17, 15) is 4.79 Å². The van der Waals surface area contributed by atoms with Crippen molar-refractivity contribution in [2.75, 3.05) is 46.1 Å². The minimum atomic E-state index is -0.0608. The lowest BCUT2D eigenvalue weighted by atomic mass is 10.1. The Morgan fingerprint density at radius 3 is 2.85 bits per heavy atom. The van der Waals surface area contributed by atoms with Crippen molar-refractivity contribution in [2.45, 2.75) is 13.3 Å². The van der Waals surface area contributed by atoms with Crippen LogP contribution in [0, 0.1) is 6.92 Å². The molecule has 0 unspecified atom stereocenters. The zero-order chi connectivity index (χ0) is 15.0. The molecule has 0 aliphatic carbocycles. The van der Waals surface area contributed by atoms with Gasteiger partial charge in [-0.3, -0.25) is 4.79 Å². The number of nitrogens with two attached hydrogens (primary N) is 1. The Morgan fingerprint density at radius 1 is 1.40 bits per heavy atom. The third-order valence-electron chi connectivity index (χ3n) is 3.19. The molecular formula is C15H25N3O2. The minimum Gasteiger partial charge on any atom is -0.399 e. The molecule has 0 aliphatic rings. The lowest BCUT2D eigenvalue weighted by molar-refractivity contribution is 0.0950. The molecular weight excluding hydrogens is 254 g/mol. The number of benzene rings is 1. The van der Waals surface area contributed by atoms with E-state index in [-0.39, 0.29) is 5.91 Å². The first-order chi connectivity index (χ1) is 9.54. The number of hydrogen-bond acceptors (Lipinski definition) is 4. The highest BCUT2D eigenvalue weighted by atomic mass is 16.5. The molecule has 0 radical (unpaired) electrons. The number of nitrogen functional groups attached to an aromatic ring is 1. The van der Waals surface area contributed by atoms with Crippen LogP contribution < -0.4 is 11.1 Å². The van der Waals surface area contributed by atoms with Gasteiger partial charge in [0.25, 0.3) is 5.91 Å². The number of ether oxygens (including phenoxy) is 1. The van der Waals surface area contributed by atoms with Crippen LogP contribution in [-0.2, 0) is 4.74 Å². The first-order valence-electron chi connectivity index (χ1n) is 6.86. The molecule has 0 aliphatic heterocycles. The first kappa shape index (κ1) is 16.5. The van der Waals surface area contributed by atoms with Crippen LogP contribution in [0.4, 0.5) is 5.69 Å². The molecule has 1 aromatic carbocycles. The maximum absolute atomic E-state index is 12.0. The summed E-state index contributed by atoms with van der Waals surface area (Å²) in [6.45, 7) is 5.13. The number of hydrogen-bond donors (Lipinski definition) is 2. The number of carbonyl (C=O) groups excluding carboxylic acids is 1. The largest absolute Gasteiger partial charge is 0.399 e. The van der Waals surface area contributed by atoms with E-state index in [1.807, 2.05) is 20.0 Å². The topological polar surface area (TPSA) is 67.6 Å². The molecule has 1 aromatic rings. The molecule has 0 bridgehead atoms. The summed E-state index contributed by atoms with van der Waals surface area (Å²) in [7, 11) is 3.74. The molecule has 0 aromatic heterocycles. The van der Waals surface area contributed by atoms with Gasteiger partial charge in [0.15, 0.2) is 0 Å². The van der Waals surface area contributed by atoms with Gasteiger partial charge < -0.3 is 20.7 Å². The fraction of sp³-hybridized carbons (Fsp3) is 0.533. The second-order valence-corrected chi connectivity index (χ2v) is 4.98. The molecule has 1 rings (SSSR count). The highest BCUT2D eigenvalue weighted by molar-refractivity contribution is 5.96. The molecule has 0 atom stereocenters. The minimum absolute atomic E-state index is 0.0608. The van der Waals surface area contributed by atoms with Gasteiger partial charge in [-0.05, 0) is 44.6 Å². The Kier molecular flexibility index (Phi) is 7.04. The van der Waals surface area contributed by atoms with Gasteiger partial charge in [-0.1, -0.05) is 6.07 Å². The van der Waals surface area contributed by atoms with Crippen LogP contribution >= 0.6 is 0 Å². The third kappa shape index (κ3) is 5.59. The van der Waals surface area contributed by atoms with Crippen LogP contribution in [0.2, 0.25) is 0 Å². The van der Waals surface area contributed by atoms with Gasteiger partial charge >= 0.3 is 0 Å². The summed E-state index contributed by atoms with van der Waals surface area (Å²) < 4.78 is 5.02. The summed E-state index contributed by atoms with van der Waals surface area (Å²) in [5, 5.41) is 2.93. The smallest absolute Gasteiger partial charge is 0.251 e. The second kappa shape index (κ2) is 8.55. The van der Waals surface area contributed by atoms with Crippen LogP contribution in [0.1, 0.15) is 22.3 Å². The highest BCUT2D eigenvalue weighted by Crippen LogP contribution is 2.12. The summed E-state index contributed by atoms with van der Waals surface area (Å²) in [5.41, 5.74) is 7.91. The zero-order valence-electron chi connectivity index (χ0n) is 12.6. The quantitative estimate of drug-likeness (QED) is 0.555. The average molecular weight is 279 g/mol. The molecule has 0 fully saturated rings. The van der Waals surface area contributed by atoms with Crippen molar-refractivity contribution in [3.05, 3.63) is 29.3 Å². The molecule has 0 saturated carbocycles. The van der Waals surface area contributed by atoms with Gasteiger partial charge in [-0.15, -0.1) is 0 Å². The molecule has 112 valence electrons. The summed E-state index contributed by atoms with van der Waals surface area (Å²) >= 11 is 0. The number of anilines is 1. The Balaban J connectivity index is 2.31. The van der Waals surface area contributed by atoms with Crippen molar-refractivity contribution in [1.29, 1.82) is 0 Å². The van der Waals surface area contributed by atoms with E-state index in [1.165, 1.54) is 0 Å². The van der Waals surface area contributed by atoms with Crippen molar-refractivity contribution in [2.24, 2.45) is 0 Å². The number of nitrogens with one attached hydrogen (secondary N) is 1. The predicted octanol–water partition coefficient (Wildman–Crippen LogP) is 1.28. The first-order valence-corrected chi connectivity index (χ1v) is 6.86. The second-order valence-electron chi connectivity index (χ2n) is 4.98. The summed E-state index contributed by atoms with van der Waals surface area (Å²) in [6, 6.07) is 5.38. The molecule has 3 N–H and O–H groups in total. The van der Waals surface area contributed by atoms with Crippen molar-refractivity contribution in [3.63, 3.8) is 0 Å². The normalized spacial score (nSPS) is 10.8. The molecule has 5 heteroatoms. The van der Waals surface area contributed by atoms with E-state index in [1.54, 1.807) is 19.2 Å². The van der Waals surface area contributed by atoms with E-state index < -0.39 is 0 Å². The van der Waals surface area contributed by atoms with Gasteiger partial charge in [0.1, 0.15) is 0 Å². The zero-order valence-corrected chi connectivity index (χ0v) is 12.6. The molecule has 0 heterocycles. The standard InChI is InChI=1S/C15H25N3O2/c1-12-5-6-13(16)11-14(12)15(19)17-7-4-8-18(2)9-10-20-3/h5-6,11H,4,7-10,16H2,1-3H3,(H,17,19). The van der Waals surface area contributed by atoms with Crippen LogP contribution in [0.3, 0.4) is 0 Å². The van der Waals surface area contributed by atoms with Crippen LogP contribution in [-0.4, -0.2) is 51.2 Å². The van der Waals surface area contributed by atoms with Crippen LogP contribution in [0.5, 0.6) is 0 Å². The Labute approximate surface area is 121 Å². The lowest BCUT2D eigenvalue weighted by Gasteiger charge is -2.16. The number of methoxy groups -OCH3 is 1. The maximum Gasteiger partial charge on any atom is 0.251 e. The van der Waals surface area contributed by atoms with Crippen molar-refractivity contribution < 1.29 is 9.53 Å². The Morgan fingerprint density at radius 2 is 2.15 bits per heavy atom.